The largest absolute Gasteiger partial charge is 0.326 e. The lowest BCUT2D eigenvalue weighted by Gasteiger charge is -2.10. The summed E-state index contributed by atoms with van der Waals surface area (Å²) in [4.78, 5) is 19.6. The van der Waals surface area contributed by atoms with Crippen LogP contribution in [-0.4, -0.2) is 14.5 Å². The normalized spacial score (nSPS) is 13.0. The van der Waals surface area contributed by atoms with Gasteiger partial charge in [0, 0.05) is 12.4 Å². The topological polar surface area (TPSA) is 50.7 Å². The maximum absolute atomic E-state index is 11.4. The van der Waals surface area contributed by atoms with Gasteiger partial charge in [-0.05, 0) is 20.8 Å². The summed E-state index contributed by atoms with van der Waals surface area (Å²) < 4.78 is 1.68. The Hall–Kier alpha value is -1.36. The van der Waals surface area contributed by atoms with Gasteiger partial charge in [-0.15, -0.1) is 11.3 Å². The predicted molar refractivity (Wildman–Crippen MR) is 60.5 cm³/mol. The molecule has 4 nitrogen and oxygen atoms in total. The molecule has 1 N–H and O–H groups in total. The van der Waals surface area contributed by atoms with Gasteiger partial charge in [-0.3, -0.25) is 4.57 Å². The van der Waals surface area contributed by atoms with Gasteiger partial charge in [-0.2, -0.15) is 0 Å². The van der Waals surface area contributed by atoms with E-state index in [-0.39, 0.29) is 11.7 Å². The van der Waals surface area contributed by atoms with Crippen LogP contribution >= 0.6 is 11.3 Å². The molecule has 0 aliphatic heterocycles. The lowest BCUT2D eigenvalue weighted by molar-refractivity contribution is 0.622. The first-order valence-corrected chi connectivity index (χ1v) is 5.60. The second kappa shape index (κ2) is 3.66. The highest BCUT2D eigenvalue weighted by molar-refractivity contribution is 7.11. The third-order valence-corrected chi connectivity index (χ3v) is 3.66. The lowest BCUT2D eigenvalue weighted by Crippen LogP contribution is -2.20. The molecule has 2 heterocycles. The molecule has 5 heteroatoms. The maximum Gasteiger partial charge on any atom is 0.326 e. The van der Waals surface area contributed by atoms with Gasteiger partial charge in [0.15, 0.2) is 0 Å². The zero-order valence-electron chi connectivity index (χ0n) is 8.94. The van der Waals surface area contributed by atoms with Crippen molar-refractivity contribution < 1.29 is 0 Å². The van der Waals surface area contributed by atoms with Crippen molar-refractivity contribution in [1.82, 2.24) is 14.5 Å². The van der Waals surface area contributed by atoms with E-state index in [1.54, 1.807) is 28.3 Å². The highest BCUT2D eigenvalue weighted by Crippen LogP contribution is 2.26. The number of nitrogens with one attached hydrogen (secondary N) is 1. The molecule has 0 spiro atoms. The predicted octanol–water partition coefficient (Wildman–Crippen LogP) is 1.86. The standard InChI is InChI=1S/C10H13N3OS/c1-6-9(15-8(3)12-6)7(2)13-5-4-11-10(13)14/h4-5,7H,1-3H3,(H,11,14). The number of H-pyrrole nitrogens is 1. The molecule has 0 aliphatic rings. The number of rotatable bonds is 2. The van der Waals surface area contributed by atoms with Crippen molar-refractivity contribution in [1.29, 1.82) is 0 Å². The number of hydrogen-bond donors (Lipinski definition) is 1. The Morgan fingerprint density at radius 2 is 2.27 bits per heavy atom. The van der Waals surface area contributed by atoms with Gasteiger partial charge < -0.3 is 4.98 Å². The maximum atomic E-state index is 11.4. The minimum Gasteiger partial charge on any atom is -0.313 e. The molecule has 0 saturated heterocycles. The molecule has 0 fully saturated rings. The Bertz CT molecular complexity index is 523. The summed E-state index contributed by atoms with van der Waals surface area (Å²) >= 11 is 1.64. The minimum absolute atomic E-state index is 0.0509. The van der Waals surface area contributed by atoms with Crippen LogP contribution in [0.15, 0.2) is 17.2 Å². The molecule has 1 unspecified atom stereocenters. The third kappa shape index (κ3) is 1.74. The first kappa shape index (κ1) is 10.2. The molecule has 0 bridgehead atoms. The fraction of sp³-hybridized carbons (Fsp3) is 0.400. The van der Waals surface area contributed by atoms with Crippen LogP contribution in [0.2, 0.25) is 0 Å². The van der Waals surface area contributed by atoms with Crippen LogP contribution in [0.25, 0.3) is 0 Å². The van der Waals surface area contributed by atoms with E-state index < -0.39 is 0 Å². The summed E-state index contributed by atoms with van der Waals surface area (Å²) in [6.45, 7) is 5.97. The van der Waals surface area contributed by atoms with Crippen molar-refractivity contribution in [3.8, 4) is 0 Å². The van der Waals surface area contributed by atoms with Crippen LogP contribution in [0.3, 0.4) is 0 Å². The van der Waals surface area contributed by atoms with Gasteiger partial charge in [-0.1, -0.05) is 0 Å². The number of aromatic nitrogens is 3. The Balaban J connectivity index is 2.45. The molecule has 2 aromatic heterocycles. The van der Waals surface area contributed by atoms with Crippen molar-refractivity contribution >= 4 is 11.3 Å². The molecular weight excluding hydrogens is 210 g/mol. The zero-order valence-corrected chi connectivity index (χ0v) is 9.76. The fourth-order valence-corrected chi connectivity index (χ4v) is 2.68. The number of hydrogen-bond acceptors (Lipinski definition) is 3. The molecule has 2 aromatic rings. The summed E-state index contributed by atoms with van der Waals surface area (Å²) in [5.41, 5.74) is 0.936. The van der Waals surface area contributed by atoms with Gasteiger partial charge >= 0.3 is 5.69 Å². The fourth-order valence-electron chi connectivity index (χ4n) is 1.70. The Morgan fingerprint density at radius 3 is 2.73 bits per heavy atom. The molecule has 0 aliphatic carbocycles. The summed E-state index contributed by atoms with van der Waals surface area (Å²) in [6, 6.07) is 0.0509. The summed E-state index contributed by atoms with van der Waals surface area (Å²) in [5.74, 6) is 0. The molecule has 15 heavy (non-hydrogen) atoms. The Kier molecular flexibility index (Phi) is 2.48. The monoisotopic (exact) mass is 223 g/mol. The van der Waals surface area contributed by atoms with Crippen LogP contribution in [0.4, 0.5) is 0 Å². The van der Waals surface area contributed by atoms with Crippen LogP contribution < -0.4 is 5.69 Å². The second-order valence-electron chi connectivity index (χ2n) is 3.53. The van der Waals surface area contributed by atoms with Gasteiger partial charge in [-0.25, -0.2) is 9.78 Å². The van der Waals surface area contributed by atoms with E-state index in [0.29, 0.717) is 0 Å². The quantitative estimate of drug-likeness (QED) is 0.844. The minimum atomic E-state index is -0.0760. The second-order valence-corrected chi connectivity index (χ2v) is 4.77. The lowest BCUT2D eigenvalue weighted by atomic mass is 10.2. The van der Waals surface area contributed by atoms with Crippen molar-refractivity contribution in [3.63, 3.8) is 0 Å². The first-order valence-electron chi connectivity index (χ1n) is 4.79. The molecule has 80 valence electrons. The molecule has 0 aromatic carbocycles. The highest BCUT2D eigenvalue weighted by atomic mass is 32.1. The summed E-state index contributed by atoms with van der Waals surface area (Å²) in [7, 11) is 0. The average Bonchev–Trinajstić information content (AvgIpc) is 2.71. The molecule has 0 saturated carbocycles. The van der Waals surface area contributed by atoms with Gasteiger partial charge in [0.1, 0.15) is 0 Å². The van der Waals surface area contributed by atoms with Crippen molar-refractivity contribution in [2.75, 3.05) is 0 Å². The average molecular weight is 223 g/mol. The number of aromatic amines is 1. The molecule has 0 amide bonds. The van der Waals surface area contributed by atoms with E-state index in [1.165, 1.54) is 0 Å². The highest BCUT2D eigenvalue weighted by Gasteiger charge is 2.15. The van der Waals surface area contributed by atoms with E-state index in [2.05, 4.69) is 9.97 Å². The van der Waals surface area contributed by atoms with E-state index >= 15 is 0 Å². The number of aryl methyl sites for hydroxylation is 2. The molecule has 2 rings (SSSR count). The van der Waals surface area contributed by atoms with E-state index in [4.69, 9.17) is 0 Å². The summed E-state index contributed by atoms with van der Waals surface area (Å²) in [6.07, 6.45) is 3.42. The van der Waals surface area contributed by atoms with E-state index in [9.17, 15) is 4.79 Å². The van der Waals surface area contributed by atoms with Crippen LogP contribution in [0.5, 0.6) is 0 Å². The Labute approximate surface area is 91.6 Å². The summed E-state index contributed by atoms with van der Waals surface area (Å²) in [5, 5.41) is 1.04. The number of thiazole rings is 1. The van der Waals surface area contributed by atoms with Crippen LogP contribution in [0, 0.1) is 13.8 Å². The Morgan fingerprint density at radius 1 is 1.53 bits per heavy atom. The molecular formula is C10H13N3OS. The van der Waals surface area contributed by atoms with Crippen molar-refractivity contribution in [2.45, 2.75) is 26.8 Å². The SMILES string of the molecule is Cc1nc(C)c(C(C)n2cc[nH]c2=O)s1. The molecule has 0 radical (unpaired) electrons. The van der Waals surface area contributed by atoms with Crippen molar-refractivity contribution in [3.05, 3.63) is 38.5 Å². The zero-order chi connectivity index (χ0) is 11.0. The first-order chi connectivity index (χ1) is 7.09. The van der Waals surface area contributed by atoms with Crippen LogP contribution in [0.1, 0.15) is 28.5 Å². The smallest absolute Gasteiger partial charge is 0.313 e. The molecule has 1 atom stereocenters. The van der Waals surface area contributed by atoms with Gasteiger partial charge in [0.05, 0.1) is 21.6 Å². The van der Waals surface area contributed by atoms with Crippen molar-refractivity contribution in [2.24, 2.45) is 0 Å². The van der Waals surface area contributed by atoms with Gasteiger partial charge in [0.2, 0.25) is 0 Å². The number of nitrogens with zero attached hydrogens (tertiary/aromatic N) is 2. The third-order valence-electron chi connectivity index (χ3n) is 2.41. The van der Waals surface area contributed by atoms with E-state index in [0.717, 1.165) is 15.6 Å². The van der Waals surface area contributed by atoms with Crippen LogP contribution in [-0.2, 0) is 0 Å². The van der Waals surface area contributed by atoms with E-state index in [1.807, 2.05) is 20.8 Å². The van der Waals surface area contributed by atoms with Gasteiger partial charge in [0.25, 0.3) is 0 Å². The number of imidazole rings is 1.